The predicted octanol–water partition coefficient (Wildman–Crippen LogP) is 7.58. The molecule has 32 heavy (non-hydrogen) atoms. The van der Waals surface area contributed by atoms with Crippen LogP contribution < -0.4 is 5.32 Å². The van der Waals surface area contributed by atoms with E-state index in [9.17, 15) is 0 Å². The van der Waals surface area contributed by atoms with Crippen LogP contribution in [0.25, 0.3) is 31.4 Å². The van der Waals surface area contributed by atoms with Gasteiger partial charge < -0.3 is 10.2 Å². The summed E-state index contributed by atoms with van der Waals surface area (Å²) in [7, 11) is 0. The molecule has 0 bridgehead atoms. The van der Waals surface area contributed by atoms with Crippen LogP contribution in [0.2, 0.25) is 5.02 Å². The van der Waals surface area contributed by atoms with E-state index in [1.54, 1.807) is 22.7 Å². The number of anilines is 1. The number of benzene rings is 1. The van der Waals surface area contributed by atoms with Gasteiger partial charge in [-0.3, -0.25) is 0 Å². The van der Waals surface area contributed by atoms with Gasteiger partial charge in [-0.15, -0.1) is 22.7 Å². The zero-order valence-electron chi connectivity index (χ0n) is 18.8. The summed E-state index contributed by atoms with van der Waals surface area (Å²) >= 11 is 9.89. The van der Waals surface area contributed by atoms with E-state index >= 15 is 0 Å². The quantitative estimate of drug-likeness (QED) is 0.235. The first-order valence-corrected chi connectivity index (χ1v) is 13.2. The second-order valence-electron chi connectivity index (χ2n) is 7.81. The molecule has 4 aromatic rings. The average Bonchev–Trinajstić information content (AvgIpc) is 3.49. The molecule has 7 heteroatoms. The van der Waals surface area contributed by atoms with Crippen molar-refractivity contribution >= 4 is 51.1 Å². The van der Waals surface area contributed by atoms with Crippen LogP contribution in [0.5, 0.6) is 0 Å². The Morgan fingerprint density at radius 2 is 1.75 bits per heavy atom. The number of fused-ring (bicyclic) bond motifs is 1. The topological polar surface area (TPSA) is 41.0 Å². The molecule has 0 radical (unpaired) electrons. The van der Waals surface area contributed by atoms with E-state index in [2.05, 4.69) is 53.7 Å². The van der Waals surface area contributed by atoms with Crippen LogP contribution in [0, 0.1) is 6.92 Å². The van der Waals surface area contributed by atoms with Crippen molar-refractivity contribution in [3.8, 4) is 20.3 Å². The number of aryl methyl sites for hydroxylation is 1. The Hall–Kier alpha value is -1.99. The van der Waals surface area contributed by atoms with Gasteiger partial charge in [0.15, 0.2) is 5.82 Å². The van der Waals surface area contributed by atoms with Gasteiger partial charge >= 0.3 is 0 Å². The first-order valence-electron chi connectivity index (χ1n) is 11.2. The summed E-state index contributed by atoms with van der Waals surface area (Å²) < 4.78 is 0. The zero-order chi connectivity index (χ0) is 22.5. The minimum atomic E-state index is 0.723. The van der Waals surface area contributed by atoms with Crippen molar-refractivity contribution < 1.29 is 0 Å². The van der Waals surface area contributed by atoms with Crippen LogP contribution in [0.1, 0.15) is 32.3 Å². The lowest BCUT2D eigenvalue weighted by molar-refractivity contribution is 0.298. The van der Waals surface area contributed by atoms with Gasteiger partial charge in [0.05, 0.1) is 15.9 Å². The lowest BCUT2D eigenvalue weighted by Gasteiger charge is -2.17. The normalized spacial score (nSPS) is 11.5. The molecule has 0 fully saturated rings. The van der Waals surface area contributed by atoms with E-state index in [-0.39, 0.29) is 0 Å². The molecule has 3 heterocycles. The van der Waals surface area contributed by atoms with Crippen molar-refractivity contribution in [1.82, 2.24) is 14.9 Å². The molecular weight excluding hydrogens is 456 g/mol. The van der Waals surface area contributed by atoms with Crippen molar-refractivity contribution in [2.24, 2.45) is 0 Å². The number of halogens is 1. The molecule has 0 amide bonds. The molecular formula is C25H29ClN4S2. The van der Waals surface area contributed by atoms with E-state index in [0.29, 0.717) is 0 Å². The highest BCUT2D eigenvalue weighted by Crippen LogP contribution is 2.38. The van der Waals surface area contributed by atoms with Gasteiger partial charge in [0, 0.05) is 21.3 Å². The Bertz CT molecular complexity index is 1170. The van der Waals surface area contributed by atoms with Gasteiger partial charge in [-0.05, 0) is 80.7 Å². The number of aromatic nitrogens is 2. The summed E-state index contributed by atoms with van der Waals surface area (Å²) in [6.07, 6.45) is 2.27. The van der Waals surface area contributed by atoms with Crippen molar-refractivity contribution in [2.45, 2.75) is 33.6 Å². The number of hydrogen-bond donors (Lipinski definition) is 1. The third kappa shape index (κ3) is 5.31. The Morgan fingerprint density at radius 3 is 2.50 bits per heavy atom. The molecule has 0 saturated carbocycles. The van der Waals surface area contributed by atoms with Crippen molar-refractivity contribution in [3.63, 3.8) is 0 Å². The van der Waals surface area contributed by atoms with Gasteiger partial charge in [0.1, 0.15) is 5.69 Å². The van der Waals surface area contributed by atoms with E-state index in [1.165, 1.54) is 16.2 Å². The van der Waals surface area contributed by atoms with Crippen LogP contribution in [0.4, 0.5) is 5.82 Å². The number of nitrogens with zero attached hydrogens (tertiary/aromatic N) is 3. The second kappa shape index (κ2) is 10.8. The lowest BCUT2D eigenvalue weighted by atomic mass is 10.2. The highest BCUT2D eigenvalue weighted by atomic mass is 35.5. The summed E-state index contributed by atoms with van der Waals surface area (Å²) in [5, 5.41) is 6.41. The molecule has 0 saturated heterocycles. The number of hydrogen-bond acceptors (Lipinski definition) is 6. The van der Waals surface area contributed by atoms with Gasteiger partial charge in [0.25, 0.3) is 0 Å². The minimum Gasteiger partial charge on any atom is -0.368 e. The molecule has 3 aromatic heterocycles. The van der Waals surface area contributed by atoms with Crippen molar-refractivity contribution in [2.75, 3.05) is 31.5 Å². The molecule has 0 aliphatic rings. The van der Waals surface area contributed by atoms with Crippen LogP contribution in [0.3, 0.4) is 0 Å². The van der Waals surface area contributed by atoms with Crippen LogP contribution in [-0.2, 0) is 0 Å². The maximum absolute atomic E-state index is 6.38. The molecule has 0 aliphatic carbocycles. The first-order chi connectivity index (χ1) is 15.6. The van der Waals surface area contributed by atoms with Crippen molar-refractivity contribution in [3.05, 3.63) is 52.4 Å². The van der Waals surface area contributed by atoms with E-state index in [1.807, 2.05) is 19.1 Å². The summed E-state index contributed by atoms with van der Waals surface area (Å²) in [5.41, 5.74) is 3.61. The number of unbranched alkanes of at least 4 members (excludes halogenated alkanes) is 1. The summed E-state index contributed by atoms with van der Waals surface area (Å²) in [6, 6.07) is 12.5. The Morgan fingerprint density at radius 1 is 0.969 bits per heavy atom. The zero-order valence-corrected chi connectivity index (χ0v) is 21.2. The molecule has 0 aliphatic heterocycles. The monoisotopic (exact) mass is 484 g/mol. The maximum atomic E-state index is 6.38. The van der Waals surface area contributed by atoms with Gasteiger partial charge in [-0.2, -0.15) is 0 Å². The number of rotatable bonds is 10. The van der Waals surface area contributed by atoms with Crippen molar-refractivity contribution in [1.29, 1.82) is 0 Å². The number of thiophene rings is 2. The second-order valence-corrected chi connectivity index (χ2v) is 10.3. The SMILES string of the molecule is CCN(CC)CCCCNc1nc2cc(C)c(Cl)cc2nc1-c1ccc(-c2cccs2)s1. The van der Waals surface area contributed by atoms with E-state index in [0.717, 1.165) is 70.6 Å². The molecule has 4 nitrogen and oxygen atoms in total. The Balaban J connectivity index is 1.60. The fourth-order valence-electron chi connectivity index (χ4n) is 3.70. The standard InChI is InChI=1S/C25H29ClN4S2/c1-4-30(5-2)13-7-6-12-27-25-24(23-11-10-22(32-23)21-9-8-14-31-21)28-20-16-18(26)17(3)15-19(20)29-25/h8-11,14-16H,4-7,12-13H2,1-3H3,(H,27,29). The van der Waals surface area contributed by atoms with Gasteiger partial charge in [-0.1, -0.05) is 31.5 Å². The Kier molecular flexibility index (Phi) is 7.79. The van der Waals surface area contributed by atoms with Crippen LogP contribution in [-0.4, -0.2) is 41.0 Å². The first kappa shape index (κ1) is 23.2. The van der Waals surface area contributed by atoms with Crippen LogP contribution >= 0.6 is 34.3 Å². The van der Waals surface area contributed by atoms with Gasteiger partial charge in [0.2, 0.25) is 0 Å². The summed E-state index contributed by atoms with van der Waals surface area (Å²) in [6.45, 7) is 10.7. The molecule has 4 rings (SSSR count). The van der Waals surface area contributed by atoms with Gasteiger partial charge in [-0.25, -0.2) is 9.97 Å². The predicted molar refractivity (Wildman–Crippen MR) is 141 cm³/mol. The Labute approximate surface area is 203 Å². The maximum Gasteiger partial charge on any atom is 0.154 e. The molecule has 0 atom stereocenters. The lowest BCUT2D eigenvalue weighted by Crippen LogP contribution is -2.24. The summed E-state index contributed by atoms with van der Waals surface area (Å²) in [5.74, 6) is 0.849. The third-order valence-electron chi connectivity index (χ3n) is 5.64. The third-order valence-corrected chi connectivity index (χ3v) is 8.20. The molecule has 0 spiro atoms. The number of nitrogens with one attached hydrogen (secondary N) is 1. The van der Waals surface area contributed by atoms with Crippen LogP contribution in [0.15, 0.2) is 41.8 Å². The highest BCUT2D eigenvalue weighted by molar-refractivity contribution is 7.23. The fraction of sp³-hybridized carbons (Fsp3) is 0.360. The molecule has 0 unspecified atom stereocenters. The average molecular weight is 485 g/mol. The largest absolute Gasteiger partial charge is 0.368 e. The minimum absolute atomic E-state index is 0.723. The summed E-state index contributed by atoms with van der Waals surface area (Å²) in [4.78, 5) is 16.1. The molecule has 168 valence electrons. The highest BCUT2D eigenvalue weighted by Gasteiger charge is 2.15. The molecule has 1 N–H and O–H groups in total. The molecule has 1 aromatic carbocycles. The van der Waals surface area contributed by atoms with E-state index in [4.69, 9.17) is 21.6 Å². The van der Waals surface area contributed by atoms with E-state index < -0.39 is 0 Å². The smallest absolute Gasteiger partial charge is 0.154 e. The fourth-order valence-corrected chi connectivity index (χ4v) is 5.69.